The summed E-state index contributed by atoms with van der Waals surface area (Å²) >= 11 is 1.15. The summed E-state index contributed by atoms with van der Waals surface area (Å²) in [6.07, 6.45) is 14.7. The van der Waals surface area contributed by atoms with E-state index in [2.05, 4.69) is 29.5 Å². The summed E-state index contributed by atoms with van der Waals surface area (Å²) in [5.41, 5.74) is 3.45. The Bertz CT molecular complexity index is 819. The standard InChI is InChI=1S/C22H28N2O3.HIO/c1-22(2,3)26-21(25)24-10-9-18-17(14-24)12-16-13-23-27-20(16)19(18)11-15-7-5-4-6-8-15;1-2/h5,7-9,13,17,19H,4,6,10-12,14H2,1-3H3;2H. The topological polar surface area (TPSA) is 75.8 Å². The van der Waals surface area contributed by atoms with Crippen molar-refractivity contribution >= 4 is 29.1 Å². The van der Waals surface area contributed by atoms with Crippen LogP contribution in [-0.4, -0.2) is 38.3 Å². The van der Waals surface area contributed by atoms with Gasteiger partial charge in [0.05, 0.1) is 6.20 Å². The lowest BCUT2D eigenvalue weighted by molar-refractivity contribution is 0.0235. The average molecular weight is 512 g/mol. The molecule has 1 amide bonds. The molecular formula is C22H29IN2O4. The van der Waals surface area contributed by atoms with Crippen LogP contribution in [-0.2, 0) is 11.2 Å². The Morgan fingerprint density at radius 3 is 2.83 bits per heavy atom. The maximum Gasteiger partial charge on any atom is 0.410 e. The fourth-order valence-electron chi connectivity index (χ4n) is 4.30. The molecule has 1 aromatic rings. The van der Waals surface area contributed by atoms with Crippen LogP contribution in [0.15, 0.2) is 46.2 Å². The Morgan fingerprint density at radius 1 is 1.34 bits per heavy atom. The molecule has 1 N–H and O–H groups in total. The number of hydrogen-bond acceptors (Lipinski definition) is 5. The SMILES string of the molecule is CC(C)(C)OC(=O)N1CC=C2C(Cc3cnoc3C2CC2=CCCC=C2)C1.OI. The van der Waals surface area contributed by atoms with Gasteiger partial charge in [-0.3, -0.25) is 0 Å². The van der Waals surface area contributed by atoms with Crippen LogP contribution in [0.3, 0.4) is 0 Å². The first-order valence-electron chi connectivity index (χ1n) is 10.0. The summed E-state index contributed by atoms with van der Waals surface area (Å²) < 4.78 is 18.2. The Labute approximate surface area is 186 Å². The van der Waals surface area contributed by atoms with Crippen LogP contribution >= 0.6 is 23.0 Å². The number of rotatable bonds is 2. The molecule has 6 nitrogen and oxygen atoms in total. The van der Waals surface area contributed by atoms with Gasteiger partial charge in [-0.15, -0.1) is 0 Å². The van der Waals surface area contributed by atoms with Gasteiger partial charge in [-0.05, 0) is 46.5 Å². The normalized spacial score (nSPS) is 23.1. The predicted molar refractivity (Wildman–Crippen MR) is 120 cm³/mol. The molecule has 0 radical (unpaired) electrons. The highest BCUT2D eigenvalue weighted by atomic mass is 127. The summed E-state index contributed by atoms with van der Waals surface area (Å²) in [7, 11) is 0. The molecule has 2 aliphatic carbocycles. The van der Waals surface area contributed by atoms with Crippen LogP contribution in [0, 0.1) is 5.92 Å². The molecule has 0 saturated heterocycles. The fraction of sp³-hybridized carbons (Fsp3) is 0.545. The number of halogens is 1. The molecule has 0 aromatic carbocycles. The second-order valence-corrected chi connectivity index (χ2v) is 8.72. The van der Waals surface area contributed by atoms with Gasteiger partial charge in [0, 0.05) is 30.5 Å². The third-order valence-electron chi connectivity index (χ3n) is 5.48. The third-order valence-corrected chi connectivity index (χ3v) is 5.48. The van der Waals surface area contributed by atoms with Crippen molar-refractivity contribution in [3.63, 3.8) is 0 Å². The van der Waals surface area contributed by atoms with Gasteiger partial charge in [0.15, 0.2) is 0 Å². The van der Waals surface area contributed by atoms with Crippen molar-refractivity contribution in [1.82, 2.24) is 10.1 Å². The van der Waals surface area contributed by atoms with E-state index in [-0.39, 0.29) is 12.0 Å². The highest BCUT2D eigenvalue weighted by Crippen LogP contribution is 2.44. The van der Waals surface area contributed by atoms with E-state index in [4.69, 9.17) is 12.7 Å². The largest absolute Gasteiger partial charge is 0.444 e. The maximum absolute atomic E-state index is 12.5. The van der Waals surface area contributed by atoms with E-state index in [1.807, 2.05) is 31.9 Å². The number of aromatic nitrogens is 1. The zero-order valence-electron chi connectivity index (χ0n) is 17.2. The van der Waals surface area contributed by atoms with Crippen LogP contribution in [0.2, 0.25) is 0 Å². The molecule has 0 saturated carbocycles. The number of nitrogens with zero attached hydrogens (tertiary/aromatic N) is 2. The molecule has 29 heavy (non-hydrogen) atoms. The van der Waals surface area contributed by atoms with Crippen molar-refractivity contribution in [2.24, 2.45) is 5.92 Å². The zero-order chi connectivity index (χ0) is 21.0. The molecule has 4 rings (SSSR count). The van der Waals surface area contributed by atoms with Gasteiger partial charge in [-0.1, -0.05) is 40.6 Å². The molecule has 3 aliphatic rings. The summed E-state index contributed by atoms with van der Waals surface area (Å²) in [4.78, 5) is 14.3. The van der Waals surface area contributed by atoms with Gasteiger partial charge in [0.2, 0.25) is 0 Å². The number of amides is 1. The Balaban J connectivity index is 0.00000117. The molecule has 2 unspecified atom stereocenters. The number of fused-ring (bicyclic) bond motifs is 2. The van der Waals surface area contributed by atoms with E-state index in [0.29, 0.717) is 19.0 Å². The number of hydrogen-bond donors (Lipinski definition) is 1. The van der Waals surface area contributed by atoms with E-state index < -0.39 is 5.60 Å². The Hall–Kier alpha value is -1.61. The number of allylic oxidation sites excluding steroid dienone is 4. The third kappa shape index (κ3) is 5.31. The molecule has 0 fully saturated rings. The summed E-state index contributed by atoms with van der Waals surface area (Å²) in [6, 6.07) is 0. The maximum atomic E-state index is 12.5. The van der Waals surface area contributed by atoms with Gasteiger partial charge >= 0.3 is 6.09 Å². The number of carbonyl (C=O) groups excluding carboxylic acids is 1. The first-order chi connectivity index (χ1) is 13.9. The van der Waals surface area contributed by atoms with E-state index in [1.165, 1.54) is 16.7 Å². The van der Waals surface area contributed by atoms with E-state index in [0.717, 1.165) is 54.4 Å². The van der Waals surface area contributed by atoms with Gasteiger partial charge < -0.3 is 17.6 Å². The molecule has 0 bridgehead atoms. The molecule has 1 aliphatic heterocycles. The van der Waals surface area contributed by atoms with Crippen molar-refractivity contribution in [3.05, 3.63) is 53.0 Å². The Kier molecular flexibility index (Phi) is 7.21. The lowest BCUT2D eigenvalue weighted by Gasteiger charge is -2.39. The lowest BCUT2D eigenvalue weighted by Crippen LogP contribution is -2.44. The van der Waals surface area contributed by atoms with E-state index in [9.17, 15) is 4.79 Å². The number of ether oxygens (including phenoxy) is 1. The van der Waals surface area contributed by atoms with Crippen LogP contribution in [0.4, 0.5) is 4.79 Å². The molecule has 2 atom stereocenters. The predicted octanol–water partition coefficient (Wildman–Crippen LogP) is 5.10. The number of carbonyl (C=O) groups is 1. The smallest absolute Gasteiger partial charge is 0.410 e. The molecule has 0 spiro atoms. The highest BCUT2D eigenvalue weighted by Gasteiger charge is 2.39. The van der Waals surface area contributed by atoms with Crippen LogP contribution in [0.5, 0.6) is 0 Å². The molecule has 7 heteroatoms. The van der Waals surface area contributed by atoms with Gasteiger partial charge in [0.25, 0.3) is 0 Å². The van der Waals surface area contributed by atoms with Gasteiger partial charge in [-0.25, -0.2) is 4.79 Å². The van der Waals surface area contributed by atoms with Crippen molar-refractivity contribution in [2.75, 3.05) is 13.1 Å². The lowest BCUT2D eigenvalue weighted by atomic mass is 9.72. The first kappa shape index (κ1) is 22.1. The van der Waals surface area contributed by atoms with E-state index >= 15 is 0 Å². The fourth-order valence-corrected chi connectivity index (χ4v) is 4.30. The van der Waals surface area contributed by atoms with Crippen molar-refractivity contribution < 1.29 is 17.5 Å². The molecule has 158 valence electrons. The second kappa shape index (κ2) is 9.47. The highest BCUT2D eigenvalue weighted by molar-refractivity contribution is 14.1. The minimum Gasteiger partial charge on any atom is -0.444 e. The van der Waals surface area contributed by atoms with Gasteiger partial charge in [0.1, 0.15) is 34.4 Å². The van der Waals surface area contributed by atoms with Crippen LogP contribution in [0.1, 0.15) is 57.3 Å². The molecule has 2 heterocycles. The summed E-state index contributed by atoms with van der Waals surface area (Å²) in [5, 5.41) is 4.06. The summed E-state index contributed by atoms with van der Waals surface area (Å²) in [6.45, 7) is 7.00. The van der Waals surface area contributed by atoms with Crippen LogP contribution in [0.25, 0.3) is 0 Å². The van der Waals surface area contributed by atoms with Crippen molar-refractivity contribution in [2.45, 2.75) is 58.0 Å². The zero-order valence-corrected chi connectivity index (χ0v) is 19.4. The first-order valence-corrected chi connectivity index (χ1v) is 11.0. The summed E-state index contributed by atoms with van der Waals surface area (Å²) in [5.74, 6) is 1.52. The van der Waals surface area contributed by atoms with Crippen molar-refractivity contribution in [1.29, 1.82) is 0 Å². The minimum absolute atomic E-state index is 0.219. The quantitative estimate of drug-likeness (QED) is 0.441. The Morgan fingerprint density at radius 2 is 2.14 bits per heavy atom. The van der Waals surface area contributed by atoms with Crippen molar-refractivity contribution in [3.8, 4) is 0 Å². The molecular weight excluding hydrogens is 483 g/mol. The van der Waals surface area contributed by atoms with Crippen LogP contribution < -0.4 is 0 Å². The minimum atomic E-state index is -0.475. The average Bonchev–Trinajstić information content (AvgIpc) is 3.17. The second-order valence-electron chi connectivity index (χ2n) is 8.72. The van der Waals surface area contributed by atoms with E-state index in [1.54, 1.807) is 0 Å². The van der Waals surface area contributed by atoms with Gasteiger partial charge in [-0.2, -0.15) is 0 Å². The molecule has 1 aromatic heterocycles. The monoisotopic (exact) mass is 512 g/mol.